The van der Waals surface area contributed by atoms with Gasteiger partial charge in [-0.1, -0.05) is 11.8 Å². The molecule has 1 aliphatic rings. The first-order chi connectivity index (χ1) is 8.22. The standard InChI is InChI=1S/C13H16N2OS/c1-9(10-4-5-10)15-13(16)12-11(3-2-7-14)6-8-17-12/h6,8-10H,4-5,7,14H2,1H3,(H,15,16). The van der Waals surface area contributed by atoms with Crippen LogP contribution < -0.4 is 11.1 Å². The largest absolute Gasteiger partial charge is 0.349 e. The summed E-state index contributed by atoms with van der Waals surface area (Å²) in [6, 6.07) is 2.13. The van der Waals surface area contributed by atoms with E-state index >= 15 is 0 Å². The summed E-state index contributed by atoms with van der Waals surface area (Å²) in [6.07, 6.45) is 2.46. The Morgan fingerprint density at radius 3 is 3.12 bits per heavy atom. The van der Waals surface area contributed by atoms with Crippen molar-refractivity contribution in [2.24, 2.45) is 11.7 Å². The molecule has 17 heavy (non-hydrogen) atoms. The number of thiophene rings is 1. The van der Waals surface area contributed by atoms with Crippen LogP contribution in [0.1, 0.15) is 35.0 Å². The first-order valence-corrected chi connectivity index (χ1v) is 6.67. The van der Waals surface area contributed by atoms with Gasteiger partial charge in [0.25, 0.3) is 5.91 Å². The van der Waals surface area contributed by atoms with Gasteiger partial charge >= 0.3 is 0 Å². The van der Waals surface area contributed by atoms with E-state index in [1.807, 2.05) is 11.4 Å². The number of hydrogen-bond acceptors (Lipinski definition) is 3. The molecule has 4 heteroatoms. The third-order valence-corrected chi connectivity index (χ3v) is 3.80. The minimum atomic E-state index is -0.0132. The Kier molecular flexibility index (Phi) is 3.82. The molecule has 0 radical (unpaired) electrons. The zero-order chi connectivity index (χ0) is 12.3. The summed E-state index contributed by atoms with van der Waals surface area (Å²) in [4.78, 5) is 12.7. The molecule has 1 atom stereocenters. The molecule has 1 amide bonds. The Balaban J connectivity index is 2.05. The van der Waals surface area contributed by atoms with Gasteiger partial charge in [0.05, 0.1) is 6.54 Å². The Bertz CT molecular complexity index is 465. The lowest BCUT2D eigenvalue weighted by molar-refractivity contribution is 0.0940. The summed E-state index contributed by atoms with van der Waals surface area (Å²) >= 11 is 1.43. The second kappa shape index (κ2) is 5.35. The van der Waals surface area contributed by atoms with Crippen molar-refractivity contribution in [1.29, 1.82) is 0 Å². The number of carbonyl (C=O) groups is 1. The van der Waals surface area contributed by atoms with Crippen molar-refractivity contribution >= 4 is 17.2 Å². The van der Waals surface area contributed by atoms with Crippen LogP contribution in [0.5, 0.6) is 0 Å². The number of carbonyl (C=O) groups excluding carboxylic acids is 1. The smallest absolute Gasteiger partial charge is 0.262 e. The summed E-state index contributed by atoms with van der Waals surface area (Å²) in [7, 11) is 0. The molecular weight excluding hydrogens is 232 g/mol. The van der Waals surface area contributed by atoms with E-state index in [1.165, 1.54) is 24.2 Å². The third-order valence-electron chi connectivity index (χ3n) is 2.88. The van der Waals surface area contributed by atoms with E-state index in [4.69, 9.17) is 5.73 Å². The molecule has 3 nitrogen and oxygen atoms in total. The topological polar surface area (TPSA) is 55.1 Å². The monoisotopic (exact) mass is 248 g/mol. The maximum atomic E-state index is 12.0. The molecule has 1 aromatic rings. The maximum Gasteiger partial charge on any atom is 0.262 e. The second-order valence-electron chi connectivity index (χ2n) is 4.27. The lowest BCUT2D eigenvalue weighted by atomic mass is 10.2. The molecule has 3 N–H and O–H groups in total. The first-order valence-electron chi connectivity index (χ1n) is 5.79. The lowest BCUT2D eigenvalue weighted by Crippen LogP contribution is -2.33. The predicted octanol–water partition coefficient (Wildman–Crippen LogP) is 1.59. The Labute approximate surface area is 105 Å². The van der Waals surface area contributed by atoms with Crippen molar-refractivity contribution in [2.75, 3.05) is 6.54 Å². The maximum absolute atomic E-state index is 12.0. The fraction of sp³-hybridized carbons (Fsp3) is 0.462. The SMILES string of the molecule is CC(NC(=O)c1sccc1C#CCN)C1CC1. The van der Waals surface area contributed by atoms with Crippen LogP contribution in [-0.2, 0) is 0 Å². The van der Waals surface area contributed by atoms with E-state index in [9.17, 15) is 4.79 Å². The average molecular weight is 248 g/mol. The number of amides is 1. The van der Waals surface area contributed by atoms with Gasteiger partial charge in [-0.15, -0.1) is 11.3 Å². The predicted molar refractivity (Wildman–Crippen MR) is 69.9 cm³/mol. The zero-order valence-corrected chi connectivity index (χ0v) is 10.6. The fourth-order valence-corrected chi connectivity index (χ4v) is 2.47. The summed E-state index contributed by atoms with van der Waals surface area (Å²) in [5, 5.41) is 4.92. The quantitative estimate of drug-likeness (QED) is 0.798. The summed E-state index contributed by atoms with van der Waals surface area (Å²) in [6.45, 7) is 2.38. The molecule has 2 rings (SSSR count). The summed E-state index contributed by atoms with van der Waals surface area (Å²) in [5.41, 5.74) is 6.11. The van der Waals surface area contributed by atoms with Gasteiger partial charge in [0.2, 0.25) is 0 Å². The van der Waals surface area contributed by atoms with Crippen molar-refractivity contribution in [1.82, 2.24) is 5.32 Å². The number of hydrogen-bond donors (Lipinski definition) is 2. The van der Waals surface area contributed by atoms with Crippen molar-refractivity contribution in [3.05, 3.63) is 21.9 Å². The molecule has 1 unspecified atom stereocenters. The van der Waals surface area contributed by atoms with Gasteiger partial charge in [-0.25, -0.2) is 0 Å². The highest BCUT2D eigenvalue weighted by atomic mass is 32.1. The third kappa shape index (κ3) is 3.09. The number of rotatable bonds is 3. The number of nitrogens with two attached hydrogens (primary N) is 1. The average Bonchev–Trinajstić information content (AvgIpc) is 3.05. The van der Waals surface area contributed by atoms with E-state index in [-0.39, 0.29) is 11.9 Å². The molecule has 0 aromatic carbocycles. The van der Waals surface area contributed by atoms with E-state index in [0.717, 1.165) is 5.56 Å². The highest BCUT2D eigenvalue weighted by molar-refractivity contribution is 7.12. The van der Waals surface area contributed by atoms with Gasteiger partial charge in [0.1, 0.15) is 4.88 Å². The van der Waals surface area contributed by atoms with Crippen LogP contribution >= 0.6 is 11.3 Å². The minimum absolute atomic E-state index is 0.0132. The van der Waals surface area contributed by atoms with Crippen LogP contribution in [0.15, 0.2) is 11.4 Å². The molecule has 1 aliphatic carbocycles. The van der Waals surface area contributed by atoms with Crippen LogP contribution in [0.25, 0.3) is 0 Å². The summed E-state index contributed by atoms with van der Waals surface area (Å²) in [5.74, 6) is 6.36. The van der Waals surface area contributed by atoms with Gasteiger partial charge in [-0.2, -0.15) is 0 Å². The van der Waals surface area contributed by atoms with Crippen molar-refractivity contribution < 1.29 is 4.79 Å². The molecule has 1 fully saturated rings. The Morgan fingerprint density at radius 1 is 1.71 bits per heavy atom. The molecule has 0 bridgehead atoms. The van der Waals surface area contributed by atoms with Gasteiger partial charge < -0.3 is 11.1 Å². The van der Waals surface area contributed by atoms with Crippen molar-refractivity contribution in [2.45, 2.75) is 25.8 Å². The van der Waals surface area contributed by atoms with E-state index in [2.05, 4.69) is 24.1 Å². The molecule has 1 aromatic heterocycles. The molecule has 90 valence electrons. The fourth-order valence-electron chi connectivity index (χ4n) is 1.72. The Morgan fingerprint density at radius 2 is 2.47 bits per heavy atom. The molecule has 0 aliphatic heterocycles. The second-order valence-corrected chi connectivity index (χ2v) is 5.18. The van der Waals surface area contributed by atoms with E-state index in [1.54, 1.807) is 0 Å². The van der Waals surface area contributed by atoms with Crippen LogP contribution in [0.3, 0.4) is 0 Å². The molecule has 0 spiro atoms. The molecule has 1 saturated carbocycles. The van der Waals surface area contributed by atoms with Crippen LogP contribution in [0, 0.1) is 17.8 Å². The normalized spacial score (nSPS) is 15.9. The van der Waals surface area contributed by atoms with Gasteiger partial charge in [-0.05, 0) is 37.1 Å². The van der Waals surface area contributed by atoms with Crippen molar-refractivity contribution in [3.63, 3.8) is 0 Å². The highest BCUT2D eigenvalue weighted by Gasteiger charge is 2.29. The van der Waals surface area contributed by atoms with Gasteiger partial charge in [0.15, 0.2) is 0 Å². The van der Waals surface area contributed by atoms with Crippen molar-refractivity contribution in [3.8, 4) is 11.8 Å². The lowest BCUT2D eigenvalue weighted by Gasteiger charge is -2.11. The van der Waals surface area contributed by atoms with E-state index < -0.39 is 0 Å². The zero-order valence-electron chi connectivity index (χ0n) is 9.82. The van der Waals surface area contributed by atoms with Gasteiger partial charge in [-0.3, -0.25) is 4.79 Å². The minimum Gasteiger partial charge on any atom is -0.349 e. The first kappa shape index (κ1) is 12.2. The molecule has 1 heterocycles. The van der Waals surface area contributed by atoms with Crippen LogP contribution in [0.4, 0.5) is 0 Å². The van der Waals surface area contributed by atoms with Crippen LogP contribution in [0.2, 0.25) is 0 Å². The van der Waals surface area contributed by atoms with Gasteiger partial charge in [0, 0.05) is 11.6 Å². The molecular formula is C13H16N2OS. The Hall–Kier alpha value is -1.31. The van der Waals surface area contributed by atoms with Crippen LogP contribution in [-0.4, -0.2) is 18.5 Å². The van der Waals surface area contributed by atoms with E-state index in [0.29, 0.717) is 17.3 Å². The molecule has 0 saturated heterocycles. The highest BCUT2D eigenvalue weighted by Crippen LogP contribution is 2.32. The number of nitrogens with one attached hydrogen (secondary N) is 1. The summed E-state index contributed by atoms with van der Waals surface area (Å²) < 4.78 is 0.